The fourth-order valence-corrected chi connectivity index (χ4v) is 6.75. The zero-order valence-corrected chi connectivity index (χ0v) is 38.5. The molecular weight excluding hydrogens is 734 g/mol. The van der Waals surface area contributed by atoms with Crippen LogP contribution in [0.15, 0.2) is 60.8 Å². The molecule has 0 aromatic heterocycles. The second kappa shape index (κ2) is 41.0. The number of hydrogen-bond donors (Lipinski definition) is 1. The average molecular weight is 823 g/mol. The van der Waals surface area contributed by atoms with Gasteiger partial charge in [-0.2, -0.15) is 0 Å². The van der Waals surface area contributed by atoms with E-state index in [9.17, 15) is 14.3 Å². The summed E-state index contributed by atoms with van der Waals surface area (Å²) in [5, 5.41) is 0. The number of carbonyl (C=O) groups excluding carboxylic acids is 1. The van der Waals surface area contributed by atoms with Crippen molar-refractivity contribution in [3.8, 4) is 0 Å². The number of likely N-dealkylation sites (N-methyl/N-ethyl adjacent to an activating group) is 1. The third kappa shape index (κ3) is 45.1. The molecule has 57 heavy (non-hydrogen) atoms. The average Bonchev–Trinajstić information content (AvgIpc) is 3.16. The van der Waals surface area contributed by atoms with E-state index in [0.29, 0.717) is 24.1 Å². The molecule has 0 aromatic rings. The van der Waals surface area contributed by atoms with E-state index in [2.05, 4.69) is 74.6 Å². The Morgan fingerprint density at radius 3 is 1.54 bits per heavy atom. The lowest BCUT2D eigenvalue weighted by Crippen LogP contribution is -2.37. The predicted octanol–water partition coefficient (Wildman–Crippen LogP) is 13.7. The van der Waals surface area contributed by atoms with Crippen LogP contribution in [0.1, 0.15) is 181 Å². The number of esters is 1. The summed E-state index contributed by atoms with van der Waals surface area (Å²) in [4.78, 5) is 22.9. The third-order valence-corrected chi connectivity index (χ3v) is 10.5. The van der Waals surface area contributed by atoms with Gasteiger partial charge in [0.05, 0.1) is 34.4 Å². The van der Waals surface area contributed by atoms with Crippen molar-refractivity contribution in [1.29, 1.82) is 0 Å². The zero-order chi connectivity index (χ0) is 42.0. The minimum atomic E-state index is -4.28. The molecule has 0 amide bonds. The lowest BCUT2D eigenvalue weighted by molar-refractivity contribution is -0.870. The molecule has 1 N–H and O–H groups in total. The first-order valence-electron chi connectivity index (χ1n) is 23.0. The van der Waals surface area contributed by atoms with Gasteiger partial charge in [-0.3, -0.25) is 13.8 Å². The molecule has 332 valence electrons. The van der Waals surface area contributed by atoms with Crippen LogP contribution in [0.5, 0.6) is 0 Å². The topological polar surface area (TPSA) is 91.3 Å². The molecular formula is C48H89NO7P+. The van der Waals surface area contributed by atoms with Crippen LogP contribution < -0.4 is 0 Å². The molecule has 9 heteroatoms. The van der Waals surface area contributed by atoms with E-state index in [0.717, 1.165) is 64.2 Å². The Morgan fingerprint density at radius 1 is 0.561 bits per heavy atom. The maximum absolute atomic E-state index is 12.7. The molecule has 0 fully saturated rings. The predicted molar refractivity (Wildman–Crippen MR) is 242 cm³/mol. The van der Waals surface area contributed by atoms with Gasteiger partial charge in [-0.1, -0.05) is 158 Å². The molecule has 0 spiro atoms. The lowest BCUT2D eigenvalue weighted by atomic mass is 10.1. The molecule has 2 atom stereocenters. The van der Waals surface area contributed by atoms with Gasteiger partial charge in [0.2, 0.25) is 0 Å². The van der Waals surface area contributed by atoms with Gasteiger partial charge in [0.1, 0.15) is 19.3 Å². The highest BCUT2D eigenvalue weighted by Crippen LogP contribution is 2.43. The highest BCUT2D eigenvalue weighted by atomic mass is 31.2. The fourth-order valence-electron chi connectivity index (χ4n) is 6.01. The molecule has 0 heterocycles. The lowest BCUT2D eigenvalue weighted by Gasteiger charge is -2.24. The van der Waals surface area contributed by atoms with Crippen LogP contribution in [-0.4, -0.2) is 75.6 Å². The maximum atomic E-state index is 12.7. The molecule has 0 saturated heterocycles. The number of hydrogen-bond acceptors (Lipinski definition) is 6. The molecule has 0 aliphatic rings. The molecule has 0 aliphatic carbocycles. The normalized spacial score (nSPS) is 14.3. The molecule has 2 unspecified atom stereocenters. The number of nitrogens with zero attached hydrogens (tertiary/aromatic N) is 1. The van der Waals surface area contributed by atoms with Crippen molar-refractivity contribution in [2.75, 3.05) is 54.1 Å². The van der Waals surface area contributed by atoms with Crippen LogP contribution in [0, 0.1) is 0 Å². The van der Waals surface area contributed by atoms with Crippen LogP contribution in [0.4, 0.5) is 0 Å². The quantitative estimate of drug-likeness (QED) is 0.0215. The Balaban J connectivity index is 4.22. The minimum absolute atomic E-state index is 0.0834. The van der Waals surface area contributed by atoms with Gasteiger partial charge in [0.15, 0.2) is 0 Å². The molecule has 0 saturated carbocycles. The number of ether oxygens (including phenoxy) is 2. The van der Waals surface area contributed by atoms with Crippen molar-refractivity contribution in [1.82, 2.24) is 0 Å². The van der Waals surface area contributed by atoms with Crippen LogP contribution in [-0.2, 0) is 27.9 Å². The molecule has 8 nitrogen and oxygen atoms in total. The van der Waals surface area contributed by atoms with Crippen molar-refractivity contribution in [2.24, 2.45) is 0 Å². The van der Waals surface area contributed by atoms with Crippen molar-refractivity contribution < 1.29 is 37.3 Å². The van der Waals surface area contributed by atoms with Gasteiger partial charge >= 0.3 is 13.8 Å². The SMILES string of the molecule is CC/C=C\C/C=C\C/C=C\C/C=C\CCCCCCCCCCC(=O)OC(COCCCCCCCC/C=C\CCCCCC)COP(=O)(O)OCC[N+](C)(C)C. The second-order valence-corrected chi connectivity index (χ2v) is 17.9. The van der Waals surface area contributed by atoms with Crippen LogP contribution in [0.25, 0.3) is 0 Å². The molecule has 0 radical (unpaired) electrons. The van der Waals surface area contributed by atoms with E-state index >= 15 is 0 Å². The maximum Gasteiger partial charge on any atom is 0.472 e. The second-order valence-electron chi connectivity index (χ2n) is 16.4. The number of unbranched alkanes of at least 4 members (excludes halogenated alkanes) is 18. The number of rotatable bonds is 42. The first-order valence-corrected chi connectivity index (χ1v) is 24.5. The summed E-state index contributed by atoms with van der Waals surface area (Å²) in [5.41, 5.74) is 0. The van der Waals surface area contributed by atoms with E-state index in [1.807, 2.05) is 21.1 Å². The van der Waals surface area contributed by atoms with E-state index in [1.165, 1.54) is 96.3 Å². The van der Waals surface area contributed by atoms with Crippen molar-refractivity contribution in [3.63, 3.8) is 0 Å². The molecule has 0 aromatic carbocycles. The number of quaternary nitrogens is 1. The van der Waals surface area contributed by atoms with E-state index in [4.69, 9.17) is 18.5 Å². The largest absolute Gasteiger partial charge is 0.472 e. The Hall–Kier alpha value is -1.80. The number of carbonyl (C=O) groups is 1. The van der Waals surface area contributed by atoms with Crippen LogP contribution in [0.3, 0.4) is 0 Å². The monoisotopic (exact) mass is 823 g/mol. The van der Waals surface area contributed by atoms with Gasteiger partial charge in [0.25, 0.3) is 0 Å². The van der Waals surface area contributed by atoms with Gasteiger partial charge in [-0.15, -0.1) is 0 Å². The van der Waals surface area contributed by atoms with Crippen molar-refractivity contribution in [3.05, 3.63) is 60.8 Å². The van der Waals surface area contributed by atoms with Crippen LogP contribution in [0.2, 0.25) is 0 Å². The summed E-state index contributed by atoms with van der Waals surface area (Å²) in [7, 11) is 1.65. The Kier molecular flexibility index (Phi) is 39.7. The minimum Gasteiger partial charge on any atom is -0.457 e. The van der Waals surface area contributed by atoms with E-state index in [1.54, 1.807) is 0 Å². The number of allylic oxidation sites excluding steroid dienone is 10. The van der Waals surface area contributed by atoms with E-state index in [-0.39, 0.29) is 25.8 Å². The smallest absolute Gasteiger partial charge is 0.457 e. The van der Waals surface area contributed by atoms with Crippen LogP contribution >= 0.6 is 7.82 Å². The Morgan fingerprint density at radius 2 is 1.02 bits per heavy atom. The highest BCUT2D eigenvalue weighted by Gasteiger charge is 2.26. The Bertz CT molecular complexity index is 1090. The molecule has 0 rings (SSSR count). The number of phosphoric acid groups is 1. The first kappa shape index (κ1) is 55.2. The molecule has 0 bridgehead atoms. The fraction of sp³-hybridized carbons (Fsp3) is 0.771. The summed E-state index contributed by atoms with van der Waals surface area (Å²) < 4.78 is 35.0. The van der Waals surface area contributed by atoms with E-state index < -0.39 is 13.9 Å². The summed E-state index contributed by atoms with van der Waals surface area (Å²) >= 11 is 0. The first-order chi connectivity index (χ1) is 27.6. The van der Waals surface area contributed by atoms with Crippen molar-refractivity contribution >= 4 is 13.8 Å². The third-order valence-electron chi connectivity index (χ3n) is 9.56. The summed E-state index contributed by atoms with van der Waals surface area (Å²) in [5.74, 6) is -0.326. The van der Waals surface area contributed by atoms with Gasteiger partial charge in [0, 0.05) is 13.0 Å². The summed E-state index contributed by atoms with van der Waals surface area (Å²) in [6.07, 6.45) is 51.1. The number of phosphoric ester groups is 1. The summed E-state index contributed by atoms with van der Waals surface area (Å²) in [6.45, 7) is 5.47. The highest BCUT2D eigenvalue weighted by molar-refractivity contribution is 7.47. The van der Waals surface area contributed by atoms with Gasteiger partial charge in [-0.25, -0.2) is 4.57 Å². The summed E-state index contributed by atoms with van der Waals surface area (Å²) in [6, 6.07) is 0. The zero-order valence-electron chi connectivity index (χ0n) is 37.6. The van der Waals surface area contributed by atoms with Gasteiger partial charge in [-0.05, 0) is 77.0 Å². The molecule has 0 aliphatic heterocycles. The standard InChI is InChI=1S/C48H88NO7P/c1-6-8-10-12-14-16-18-20-22-23-24-25-26-27-28-29-31-33-35-37-39-41-48(50)56-47(46-55-57(51,52)54-44-42-49(3,4)5)45-53-43-40-38-36-34-32-30-21-19-17-15-13-11-9-7-2/h8,10,14,16-17,19-20,22,24-25,47H,6-7,9,11-13,15,18,21,23,26-46H2,1-5H3/p+1/b10-8-,16-14-,19-17-,22-20-,25-24-. The van der Waals surface area contributed by atoms with Gasteiger partial charge < -0.3 is 18.9 Å². The van der Waals surface area contributed by atoms with Crippen molar-refractivity contribution in [2.45, 2.75) is 187 Å². The Labute approximate surface area is 351 Å².